The number of hydrogen-bond acceptors (Lipinski definition) is 6. The van der Waals surface area contributed by atoms with Gasteiger partial charge < -0.3 is 9.47 Å². The second-order valence-electron chi connectivity index (χ2n) is 5.34. The fourth-order valence-electron chi connectivity index (χ4n) is 2.47. The number of thiocarbonyl (C=S) groups is 1. The van der Waals surface area contributed by atoms with Crippen LogP contribution in [0.5, 0.6) is 11.5 Å². The lowest BCUT2D eigenvalue weighted by atomic mass is 10.1. The molecule has 0 atom stereocenters. The second kappa shape index (κ2) is 7.72. The average Bonchev–Trinajstić information content (AvgIpc) is 2.95. The van der Waals surface area contributed by atoms with E-state index in [1.54, 1.807) is 55.7 Å². The van der Waals surface area contributed by atoms with E-state index in [1.807, 2.05) is 0 Å². The summed E-state index contributed by atoms with van der Waals surface area (Å²) in [5.74, 6) is 0.905. The maximum Gasteiger partial charge on any atom is 0.270 e. The number of ether oxygens (including phenoxy) is 2. The SMILES string of the molecule is COc1ccc(N2C(=O)C(=Cc3ccc(C=O)cc3)SC2=S)c(OC)c1. The lowest BCUT2D eigenvalue weighted by molar-refractivity contribution is -0.113. The van der Waals surface area contributed by atoms with E-state index in [0.717, 1.165) is 11.8 Å². The van der Waals surface area contributed by atoms with Crippen molar-refractivity contribution in [2.75, 3.05) is 19.1 Å². The molecule has 1 aliphatic heterocycles. The summed E-state index contributed by atoms with van der Waals surface area (Å²) in [6.45, 7) is 0. The summed E-state index contributed by atoms with van der Waals surface area (Å²) < 4.78 is 11.0. The van der Waals surface area contributed by atoms with Crippen molar-refractivity contribution in [2.45, 2.75) is 0 Å². The van der Waals surface area contributed by atoms with Crippen molar-refractivity contribution in [3.63, 3.8) is 0 Å². The summed E-state index contributed by atoms with van der Waals surface area (Å²) in [7, 11) is 3.09. The highest BCUT2D eigenvalue weighted by atomic mass is 32.2. The highest BCUT2D eigenvalue weighted by molar-refractivity contribution is 8.27. The summed E-state index contributed by atoms with van der Waals surface area (Å²) >= 11 is 6.62. The van der Waals surface area contributed by atoms with Crippen LogP contribution >= 0.6 is 24.0 Å². The van der Waals surface area contributed by atoms with E-state index in [4.69, 9.17) is 21.7 Å². The molecule has 132 valence electrons. The second-order valence-corrected chi connectivity index (χ2v) is 7.02. The number of amides is 1. The molecule has 1 saturated heterocycles. The molecule has 2 aromatic rings. The highest BCUT2D eigenvalue weighted by Crippen LogP contribution is 2.41. The minimum atomic E-state index is -0.220. The van der Waals surface area contributed by atoms with Crippen molar-refractivity contribution in [1.82, 2.24) is 0 Å². The van der Waals surface area contributed by atoms with Crippen molar-refractivity contribution >= 4 is 52.3 Å². The van der Waals surface area contributed by atoms with E-state index in [9.17, 15) is 9.59 Å². The number of carbonyl (C=O) groups excluding carboxylic acids is 2. The smallest absolute Gasteiger partial charge is 0.270 e. The van der Waals surface area contributed by atoms with Gasteiger partial charge in [-0.05, 0) is 23.8 Å². The molecule has 1 aliphatic rings. The third kappa shape index (κ3) is 3.49. The zero-order valence-electron chi connectivity index (χ0n) is 14.1. The van der Waals surface area contributed by atoms with Gasteiger partial charge in [-0.2, -0.15) is 0 Å². The predicted molar refractivity (Wildman–Crippen MR) is 107 cm³/mol. The van der Waals surface area contributed by atoms with Gasteiger partial charge in [-0.15, -0.1) is 0 Å². The average molecular weight is 385 g/mol. The summed E-state index contributed by atoms with van der Waals surface area (Å²) in [5.41, 5.74) is 1.96. The minimum Gasteiger partial charge on any atom is -0.497 e. The standard InChI is InChI=1S/C19H15NO4S2/c1-23-14-7-8-15(16(10-14)24-2)20-18(22)17(26-19(20)25)9-12-3-5-13(11-21)6-4-12/h3-11H,1-2H3. The Balaban J connectivity index is 1.94. The van der Waals surface area contributed by atoms with Crippen LogP contribution in [-0.4, -0.2) is 30.7 Å². The van der Waals surface area contributed by atoms with E-state index in [-0.39, 0.29) is 5.91 Å². The highest BCUT2D eigenvalue weighted by Gasteiger charge is 2.35. The third-order valence-corrected chi connectivity index (χ3v) is 5.09. The Hall–Kier alpha value is -2.64. The largest absolute Gasteiger partial charge is 0.497 e. The van der Waals surface area contributed by atoms with E-state index in [2.05, 4.69) is 0 Å². The molecular weight excluding hydrogens is 370 g/mol. The number of methoxy groups -OCH3 is 2. The van der Waals surface area contributed by atoms with Gasteiger partial charge >= 0.3 is 0 Å². The van der Waals surface area contributed by atoms with Crippen LogP contribution in [0.25, 0.3) is 6.08 Å². The van der Waals surface area contributed by atoms with E-state index < -0.39 is 0 Å². The Bertz CT molecular complexity index is 906. The van der Waals surface area contributed by atoms with Gasteiger partial charge in [-0.1, -0.05) is 48.2 Å². The third-order valence-electron chi connectivity index (χ3n) is 3.79. The van der Waals surface area contributed by atoms with Crippen molar-refractivity contribution < 1.29 is 19.1 Å². The molecule has 0 spiro atoms. The van der Waals surface area contributed by atoms with Crippen molar-refractivity contribution in [3.8, 4) is 11.5 Å². The molecule has 0 bridgehead atoms. The Morgan fingerprint density at radius 1 is 1.04 bits per heavy atom. The molecule has 0 N–H and O–H groups in total. The number of benzene rings is 2. The first kappa shape index (κ1) is 18.2. The van der Waals surface area contributed by atoms with E-state index in [1.165, 1.54) is 23.8 Å². The van der Waals surface area contributed by atoms with Gasteiger partial charge in [0.1, 0.15) is 17.8 Å². The van der Waals surface area contributed by atoms with Gasteiger partial charge in [-0.25, -0.2) is 0 Å². The van der Waals surface area contributed by atoms with Crippen LogP contribution in [0, 0.1) is 0 Å². The molecule has 5 nitrogen and oxygen atoms in total. The molecule has 1 amide bonds. The first-order valence-corrected chi connectivity index (χ1v) is 8.85. The molecule has 0 saturated carbocycles. The van der Waals surface area contributed by atoms with E-state index in [0.29, 0.717) is 32.0 Å². The van der Waals surface area contributed by atoms with Gasteiger partial charge in [-0.3, -0.25) is 14.5 Å². The van der Waals surface area contributed by atoms with Crippen LogP contribution in [0.1, 0.15) is 15.9 Å². The van der Waals surface area contributed by atoms with Crippen molar-refractivity contribution in [1.29, 1.82) is 0 Å². The van der Waals surface area contributed by atoms with Crippen LogP contribution in [0.15, 0.2) is 47.4 Å². The Labute approximate surface area is 160 Å². The Morgan fingerprint density at radius 2 is 1.73 bits per heavy atom. The van der Waals surface area contributed by atoms with Crippen molar-refractivity contribution in [3.05, 3.63) is 58.5 Å². The molecule has 2 aromatic carbocycles. The van der Waals surface area contributed by atoms with Gasteiger partial charge in [0, 0.05) is 11.6 Å². The molecule has 0 radical (unpaired) electrons. The fourth-order valence-corrected chi connectivity index (χ4v) is 3.75. The number of rotatable bonds is 5. The zero-order chi connectivity index (χ0) is 18.7. The molecule has 7 heteroatoms. The van der Waals surface area contributed by atoms with Crippen LogP contribution in [0.3, 0.4) is 0 Å². The molecule has 0 aromatic heterocycles. The Morgan fingerprint density at radius 3 is 2.35 bits per heavy atom. The summed E-state index contributed by atoms with van der Waals surface area (Å²) in [6, 6.07) is 12.2. The normalized spacial score (nSPS) is 15.5. The predicted octanol–water partition coefficient (Wildman–Crippen LogP) is 3.92. The van der Waals surface area contributed by atoms with Crippen LogP contribution < -0.4 is 14.4 Å². The molecule has 0 aliphatic carbocycles. The maximum absolute atomic E-state index is 12.9. The molecular formula is C19H15NO4S2. The first-order valence-electron chi connectivity index (χ1n) is 7.62. The lowest BCUT2D eigenvalue weighted by Gasteiger charge is -2.18. The number of anilines is 1. The molecule has 1 heterocycles. The monoisotopic (exact) mass is 385 g/mol. The van der Waals surface area contributed by atoms with Gasteiger partial charge in [0.15, 0.2) is 4.32 Å². The van der Waals surface area contributed by atoms with Crippen molar-refractivity contribution in [2.24, 2.45) is 0 Å². The Kier molecular flexibility index (Phi) is 5.39. The molecule has 3 rings (SSSR count). The first-order chi connectivity index (χ1) is 12.6. The number of aldehydes is 1. The summed E-state index contributed by atoms with van der Waals surface area (Å²) in [5, 5.41) is 0. The summed E-state index contributed by atoms with van der Waals surface area (Å²) in [6.07, 6.45) is 2.53. The van der Waals surface area contributed by atoms with Crippen LogP contribution in [-0.2, 0) is 4.79 Å². The number of carbonyl (C=O) groups is 2. The number of thioether (sulfide) groups is 1. The fraction of sp³-hybridized carbons (Fsp3) is 0.105. The van der Waals surface area contributed by atoms with E-state index >= 15 is 0 Å². The number of hydrogen-bond donors (Lipinski definition) is 0. The van der Waals surface area contributed by atoms with Gasteiger partial charge in [0.2, 0.25) is 0 Å². The lowest BCUT2D eigenvalue weighted by Crippen LogP contribution is -2.27. The topological polar surface area (TPSA) is 55.8 Å². The number of nitrogens with zero attached hydrogens (tertiary/aromatic N) is 1. The summed E-state index contributed by atoms with van der Waals surface area (Å²) in [4.78, 5) is 25.6. The minimum absolute atomic E-state index is 0.220. The van der Waals surface area contributed by atoms with Crippen LogP contribution in [0.4, 0.5) is 5.69 Å². The molecule has 26 heavy (non-hydrogen) atoms. The molecule has 0 unspecified atom stereocenters. The molecule has 1 fully saturated rings. The van der Waals surface area contributed by atoms with Gasteiger partial charge in [0.05, 0.1) is 24.8 Å². The van der Waals surface area contributed by atoms with Gasteiger partial charge in [0.25, 0.3) is 5.91 Å². The quantitative estimate of drug-likeness (QED) is 0.442. The van der Waals surface area contributed by atoms with Crippen LogP contribution in [0.2, 0.25) is 0 Å². The maximum atomic E-state index is 12.9. The zero-order valence-corrected chi connectivity index (χ0v) is 15.7.